The molecule has 0 amide bonds. The number of carbonyl (C=O) groups is 1. The molecule has 1 N–H and O–H groups in total. The number of hydrogen-bond donors (Lipinski definition) is 1. The van der Waals surface area contributed by atoms with Gasteiger partial charge in [-0.25, -0.2) is 4.79 Å². The molecular formula is C16H17N3O3. The molecule has 0 saturated carbocycles. The number of rotatable bonds is 4. The number of carbonyl (C=O) groups excluding carboxylic acids is 1. The topological polar surface area (TPSA) is 81.0 Å². The second-order valence-electron chi connectivity index (χ2n) is 5.15. The lowest BCUT2D eigenvalue weighted by atomic mass is 10.1. The van der Waals surface area contributed by atoms with Crippen LogP contribution in [0.3, 0.4) is 0 Å². The van der Waals surface area contributed by atoms with E-state index in [1.54, 1.807) is 6.07 Å². The van der Waals surface area contributed by atoms with Crippen LogP contribution in [0.1, 0.15) is 40.3 Å². The summed E-state index contributed by atoms with van der Waals surface area (Å²) in [5.41, 5.74) is 3.74. The van der Waals surface area contributed by atoms with Crippen LogP contribution in [-0.4, -0.2) is 21.2 Å². The van der Waals surface area contributed by atoms with Crippen LogP contribution in [0.4, 0.5) is 0 Å². The number of aromatic nitrogens is 3. The Hall–Kier alpha value is -2.63. The number of hydrogen-bond acceptors (Lipinski definition) is 5. The van der Waals surface area contributed by atoms with Crippen molar-refractivity contribution in [1.29, 1.82) is 0 Å². The Bertz CT molecular complexity index is 832. The van der Waals surface area contributed by atoms with Crippen LogP contribution < -0.4 is 0 Å². The Morgan fingerprint density at radius 1 is 1.27 bits per heavy atom. The summed E-state index contributed by atoms with van der Waals surface area (Å²) in [7, 11) is 0. The predicted molar refractivity (Wildman–Crippen MR) is 80.6 cm³/mol. The van der Waals surface area contributed by atoms with E-state index in [-0.39, 0.29) is 6.61 Å². The van der Waals surface area contributed by atoms with Gasteiger partial charge in [-0.3, -0.25) is 0 Å². The number of fused-ring (bicyclic) bond motifs is 1. The number of aromatic amines is 1. The molecule has 0 bridgehead atoms. The van der Waals surface area contributed by atoms with Crippen molar-refractivity contribution in [2.75, 3.05) is 0 Å². The van der Waals surface area contributed by atoms with Crippen LogP contribution >= 0.6 is 0 Å². The van der Waals surface area contributed by atoms with E-state index >= 15 is 0 Å². The highest BCUT2D eigenvalue weighted by atomic mass is 16.5. The highest BCUT2D eigenvalue weighted by molar-refractivity contribution is 5.96. The Morgan fingerprint density at radius 3 is 2.77 bits per heavy atom. The molecule has 2 heterocycles. The standard InChI is InChI=1S/C16H17N3O3/c1-4-14-18-19-15(22-14)8-21-16(20)11-5-6-13-12(7-11)9(2)10(3)17-13/h5-7,17H,4,8H2,1-3H3. The zero-order valence-electron chi connectivity index (χ0n) is 12.8. The van der Waals surface area contributed by atoms with Gasteiger partial charge in [0.2, 0.25) is 5.89 Å². The van der Waals surface area contributed by atoms with Gasteiger partial charge in [0.25, 0.3) is 5.89 Å². The van der Waals surface area contributed by atoms with E-state index in [0.29, 0.717) is 23.8 Å². The first-order valence-corrected chi connectivity index (χ1v) is 7.15. The minimum atomic E-state index is -0.406. The summed E-state index contributed by atoms with van der Waals surface area (Å²) in [6.45, 7) is 5.93. The van der Waals surface area contributed by atoms with Crippen molar-refractivity contribution in [1.82, 2.24) is 15.2 Å². The lowest BCUT2D eigenvalue weighted by Crippen LogP contribution is -2.05. The van der Waals surface area contributed by atoms with Crippen molar-refractivity contribution in [3.63, 3.8) is 0 Å². The maximum absolute atomic E-state index is 12.1. The van der Waals surface area contributed by atoms with Crippen LogP contribution in [0.25, 0.3) is 10.9 Å². The molecule has 3 aromatic rings. The van der Waals surface area contributed by atoms with Crippen molar-refractivity contribution in [2.45, 2.75) is 33.8 Å². The van der Waals surface area contributed by atoms with Crippen LogP contribution in [0.2, 0.25) is 0 Å². The van der Waals surface area contributed by atoms with E-state index in [1.807, 2.05) is 32.9 Å². The molecule has 0 unspecified atom stereocenters. The van der Waals surface area contributed by atoms with Gasteiger partial charge in [-0.15, -0.1) is 10.2 Å². The Kier molecular flexibility index (Phi) is 3.66. The minimum absolute atomic E-state index is 0.0188. The summed E-state index contributed by atoms with van der Waals surface area (Å²) in [5.74, 6) is 0.433. The molecule has 0 fully saturated rings. The highest BCUT2D eigenvalue weighted by Crippen LogP contribution is 2.22. The van der Waals surface area contributed by atoms with Gasteiger partial charge < -0.3 is 14.1 Å². The van der Waals surface area contributed by atoms with E-state index in [1.165, 1.54) is 0 Å². The fraction of sp³-hybridized carbons (Fsp3) is 0.312. The van der Waals surface area contributed by atoms with E-state index in [4.69, 9.17) is 9.15 Å². The molecule has 0 atom stereocenters. The molecule has 3 rings (SSSR count). The van der Waals surface area contributed by atoms with Gasteiger partial charge in [-0.05, 0) is 37.6 Å². The quantitative estimate of drug-likeness (QED) is 0.749. The first-order chi connectivity index (χ1) is 10.6. The van der Waals surface area contributed by atoms with Gasteiger partial charge >= 0.3 is 5.97 Å². The second-order valence-corrected chi connectivity index (χ2v) is 5.15. The molecule has 0 aliphatic carbocycles. The average Bonchev–Trinajstić information content (AvgIpc) is 3.10. The Morgan fingerprint density at radius 2 is 2.05 bits per heavy atom. The van der Waals surface area contributed by atoms with Crippen molar-refractivity contribution >= 4 is 16.9 Å². The summed E-state index contributed by atoms with van der Waals surface area (Å²) >= 11 is 0. The minimum Gasteiger partial charge on any atom is -0.452 e. The smallest absolute Gasteiger partial charge is 0.338 e. The molecule has 0 saturated heterocycles. The third kappa shape index (κ3) is 2.59. The van der Waals surface area contributed by atoms with Gasteiger partial charge in [0.15, 0.2) is 6.61 Å². The third-order valence-corrected chi connectivity index (χ3v) is 3.68. The Balaban J connectivity index is 1.75. The average molecular weight is 299 g/mol. The number of esters is 1. The lowest BCUT2D eigenvalue weighted by Gasteiger charge is -2.02. The van der Waals surface area contributed by atoms with E-state index in [0.717, 1.165) is 22.2 Å². The third-order valence-electron chi connectivity index (χ3n) is 3.68. The second kappa shape index (κ2) is 5.63. The molecule has 22 heavy (non-hydrogen) atoms. The first kappa shape index (κ1) is 14.3. The van der Waals surface area contributed by atoms with Crippen LogP contribution in [0.5, 0.6) is 0 Å². The van der Waals surface area contributed by atoms with Gasteiger partial charge in [0.05, 0.1) is 5.56 Å². The number of ether oxygens (including phenoxy) is 1. The summed E-state index contributed by atoms with van der Waals surface area (Å²) < 4.78 is 10.5. The molecule has 0 radical (unpaired) electrons. The number of H-pyrrole nitrogens is 1. The largest absolute Gasteiger partial charge is 0.452 e. The van der Waals surface area contributed by atoms with E-state index in [9.17, 15) is 4.79 Å². The molecule has 6 heteroatoms. The van der Waals surface area contributed by atoms with Gasteiger partial charge in [-0.1, -0.05) is 6.92 Å². The van der Waals surface area contributed by atoms with Crippen molar-refractivity contribution in [2.24, 2.45) is 0 Å². The number of nitrogens with zero attached hydrogens (tertiary/aromatic N) is 2. The SMILES string of the molecule is CCc1nnc(COC(=O)c2ccc3[nH]c(C)c(C)c3c2)o1. The Labute approximate surface area is 127 Å². The van der Waals surface area contributed by atoms with Crippen molar-refractivity contribution in [3.8, 4) is 0 Å². The highest BCUT2D eigenvalue weighted by Gasteiger charge is 2.13. The molecule has 1 aromatic carbocycles. The lowest BCUT2D eigenvalue weighted by molar-refractivity contribution is 0.0436. The molecule has 114 valence electrons. The fourth-order valence-electron chi connectivity index (χ4n) is 2.29. The number of benzene rings is 1. The molecular weight excluding hydrogens is 282 g/mol. The van der Waals surface area contributed by atoms with Crippen LogP contribution in [-0.2, 0) is 17.8 Å². The first-order valence-electron chi connectivity index (χ1n) is 7.15. The van der Waals surface area contributed by atoms with E-state index < -0.39 is 5.97 Å². The number of nitrogens with one attached hydrogen (secondary N) is 1. The van der Waals surface area contributed by atoms with Gasteiger partial charge in [0, 0.05) is 23.0 Å². The van der Waals surface area contributed by atoms with Gasteiger partial charge in [-0.2, -0.15) is 0 Å². The molecule has 6 nitrogen and oxygen atoms in total. The van der Waals surface area contributed by atoms with Crippen LogP contribution in [0.15, 0.2) is 22.6 Å². The van der Waals surface area contributed by atoms with Crippen molar-refractivity contribution in [3.05, 3.63) is 46.8 Å². The summed E-state index contributed by atoms with van der Waals surface area (Å²) in [4.78, 5) is 15.4. The maximum atomic E-state index is 12.1. The molecule has 0 spiro atoms. The predicted octanol–water partition coefficient (Wildman–Crippen LogP) is 3.09. The molecule has 0 aliphatic heterocycles. The maximum Gasteiger partial charge on any atom is 0.338 e. The monoisotopic (exact) mass is 299 g/mol. The summed E-state index contributed by atoms with van der Waals surface area (Å²) in [5, 5.41) is 8.68. The van der Waals surface area contributed by atoms with Gasteiger partial charge in [0.1, 0.15) is 0 Å². The number of aryl methyl sites for hydroxylation is 3. The summed E-state index contributed by atoms with van der Waals surface area (Å²) in [6.07, 6.45) is 0.656. The van der Waals surface area contributed by atoms with Crippen LogP contribution in [0, 0.1) is 13.8 Å². The summed E-state index contributed by atoms with van der Waals surface area (Å²) in [6, 6.07) is 5.46. The zero-order chi connectivity index (χ0) is 15.7. The normalized spacial score (nSPS) is 11.0. The molecule has 0 aliphatic rings. The zero-order valence-corrected chi connectivity index (χ0v) is 12.8. The molecule has 2 aromatic heterocycles. The fourth-order valence-corrected chi connectivity index (χ4v) is 2.29. The van der Waals surface area contributed by atoms with E-state index in [2.05, 4.69) is 15.2 Å². The van der Waals surface area contributed by atoms with Crippen molar-refractivity contribution < 1.29 is 13.9 Å².